The van der Waals surface area contributed by atoms with Gasteiger partial charge in [0.15, 0.2) is 0 Å². The van der Waals surface area contributed by atoms with Crippen molar-refractivity contribution in [3.05, 3.63) is 36.0 Å². The van der Waals surface area contributed by atoms with E-state index in [2.05, 4.69) is 54.2 Å². The van der Waals surface area contributed by atoms with Crippen molar-refractivity contribution in [3.63, 3.8) is 0 Å². The van der Waals surface area contributed by atoms with Crippen LogP contribution in [0.4, 0.5) is 0 Å². The molecular formula is C16H24N2O. The molecule has 2 aromatic rings. The van der Waals surface area contributed by atoms with Crippen LogP contribution in [0.2, 0.25) is 0 Å². The number of rotatable bonds is 7. The number of aliphatic hydroxyl groups is 1. The molecule has 0 saturated heterocycles. The van der Waals surface area contributed by atoms with Gasteiger partial charge in [-0.1, -0.05) is 32.0 Å². The highest BCUT2D eigenvalue weighted by Crippen LogP contribution is 2.21. The second-order valence-electron chi connectivity index (χ2n) is 5.29. The van der Waals surface area contributed by atoms with Crippen LogP contribution in [0.1, 0.15) is 25.8 Å². The largest absolute Gasteiger partial charge is 0.396 e. The summed E-state index contributed by atoms with van der Waals surface area (Å²) in [7, 11) is 0. The molecule has 0 bridgehead atoms. The molecule has 3 heteroatoms. The average Bonchev–Trinajstić information content (AvgIpc) is 2.83. The molecule has 2 N–H and O–H groups in total. The third kappa shape index (κ3) is 3.37. The van der Waals surface area contributed by atoms with Crippen molar-refractivity contribution >= 4 is 10.9 Å². The summed E-state index contributed by atoms with van der Waals surface area (Å²) in [5, 5.41) is 14.0. The molecule has 1 aromatic carbocycles. The Balaban J connectivity index is 2.27. The van der Waals surface area contributed by atoms with E-state index in [4.69, 9.17) is 0 Å². The lowest BCUT2D eigenvalue weighted by Gasteiger charge is -2.13. The van der Waals surface area contributed by atoms with Crippen molar-refractivity contribution in [2.24, 2.45) is 5.92 Å². The van der Waals surface area contributed by atoms with Gasteiger partial charge in [-0.2, -0.15) is 0 Å². The van der Waals surface area contributed by atoms with Crippen LogP contribution in [0.15, 0.2) is 30.5 Å². The standard InChI is InChI=1S/C16H24N2O/c1-3-8-17-10-15-6-4-5-14-7-9-18(16(14)15)11-13(2)12-19/h4-7,9,13,17,19H,3,8,10-12H2,1-2H3. The van der Waals surface area contributed by atoms with E-state index in [0.717, 1.165) is 26.1 Å². The Hall–Kier alpha value is -1.32. The van der Waals surface area contributed by atoms with Gasteiger partial charge in [0, 0.05) is 25.9 Å². The van der Waals surface area contributed by atoms with Gasteiger partial charge in [-0.3, -0.25) is 0 Å². The first-order valence-electron chi connectivity index (χ1n) is 7.14. The summed E-state index contributed by atoms with van der Waals surface area (Å²) in [5.74, 6) is 0.284. The number of hydrogen-bond donors (Lipinski definition) is 2. The maximum Gasteiger partial charge on any atom is 0.0525 e. The minimum Gasteiger partial charge on any atom is -0.396 e. The zero-order valence-electron chi connectivity index (χ0n) is 11.9. The summed E-state index contributed by atoms with van der Waals surface area (Å²) in [4.78, 5) is 0. The molecule has 1 atom stereocenters. The normalized spacial score (nSPS) is 13.0. The molecule has 3 nitrogen and oxygen atoms in total. The molecule has 0 aliphatic heterocycles. The lowest BCUT2D eigenvalue weighted by atomic mass is 10.1. The number of para-hydroxylation sites is 1. The Bertz CT molecular complexity index is 518. The Morgan fingerprint density at radius 2 is 2.16 bits per heavy atom. The lowest BCUT2D eigenvalue weighted by molar-refractivity contribution is 0.224. The first-order chi connectivity index (χ1) is 9.26. The molecule has 0 radical (unpaired) electrons. The van der Waals surface area contributed by atoms with Gasteiger partial charge in [0.1, 0.15) is 0 Å². The summed E-state index contributed by atoms with van der Waals surface area (Å²) in [6, 6.07) is 8.61. The Morgan fingerprint density at radius 1 is 1.32 bits per heavy atom. The summed E-state index contributed by atoms with van der Waals surface area (Å²) in [6.45, 7) is 7.30. The number of aliphatic hydroxyl groups excluding tert-OH is 1. The Kier molecular flexibility index (Phi) is 5.00. The molecule has 104 valence electrons. The van der Waals surface area contributed by atoms with Gasteiger partial charge in [0.2, 0.25) is 0 Å². The predicted molar refractivity (Wildman–Crippen MR) is 80.2 cm³/mol. The number of hydrogen-bond acceptors (Lipinski definition) is 2. The lowest BCUT2D eigenvalue weighted by Crippen LogP contribution is -2.15. The van der Waals surface area contributed by atoms with Crippen LogP contribution in [0, 0.1) is 5.92 Å². The number of benzene rings is 1. The van der Waals surface area contributed by atoms with Crippen LogP contribution >= 0.6 is 0 Å². The summed E-state index contributed by atoms with van der Waals surface area (Å²) in [5.41, 5.74) is 2.63. The second kappa shape index (κ2) is 6.73. The van der Waals surface area contributed by atoms with Gasteiger partial charge in [0.05, 0.1) is 5.52 Å². The fourth-order valence-electron chi connectivity index (χ4n) is 2.43. The number of nitrogens with one attached hydrogen (secondary N) is 1. The Labute approximate surface area is 115 Å². The second-order valence-corrected chi connectivity index (χ2v) is 5.29. The highest BCUT2D eigenvalue weighted by Gasteiger charge is 2.08. The Morgan fingerprint density at radius 3 is 2.89 bits per heavy atom. The molecule has 0 saturated carbocycles. The quantitative estimate of drug-likeness (QED) is 0.751. The van der Waals surface area contributed by atoms with Gasteiger partial charge in [-0.05, 0) is 35.9 Å². The summed E-state index contributed by atoms with van der Waals surface area (Å²) in [6.07, 6.45) is 3.28. The van der Waals surface area contributed by atoms with Gasteiger partial charge < -0.3 is 15.0 Å². The van der Waals surface area contributed by atoms with E-state index in [-0.39, 0.29) is 12.5 Å². The van der Waals surface area contributed by atoms with E-state index in [1.54, 1.807) is 0 Å². The maximum absolute atomic E-state index is 9.22. The molecule has 0 fully saturated rings. The van der Waals surface area contributed by atoms with Gasteiger partial charge >= 0.3 is 0 Å². The topological polar surface area (TPSA) is 37.2 Å². The number of aromatic nitrogens is 1. The van der Waals surface area contributed by atoms with Crippen LogP contribution in [-0.2, 0) is 13.1 Å². The zero-order valence-corrected chi connectivity index (χ0v) is 11.9. The van der Waals surface area contributed by atoms with Crippen LogP contribution in [-0.4, -0.2) is 22.8 Å². The third-order valence-corrected chi connectivity index (χ3v) is 3.43. The van der Waals surface area contributed by atoms with E-state index in [9.17, 15) is 5.11 Å². The fraction of sp³-hybridized carbons (Fsp3) is 0.500. The fourth-order valence-corrected chi connectivity index (χ4v) is 2.43. The van der Waals surface area contributed by atoms with Crippen LogP contribution in [0.25, 0.3) is 10.9 Å². The molecular weight excluding hydrogens is 236 g/mol. The van der Waals surface area contributed by atoms with Crippen LogP contribution < -0.4 is 5.32 Å². The summed E-state index contributed by atoms with van der Waals surface area (Å²) >= 11 is 0. The minimum atomic E-state index is 0.232. The van der Waals surface area contributed by atoms with E-state index in [1.165, 1.54) is 16.5 Å². The molecule has 1 unspecified atom stereocenters. The summed E-state index contributed by atoms with van der Waals surface area (Å²) < 4.78 is 2.26. The highest BCUT2D eigenvalue weighted by atomic mass is 16.3. The minimum absolute atomic E-state index is 0.232. The monoisotopic (exact) mass is 260 g/mol. The van der Waals surface area contributed by atoms with E-state index in [0.29, 0.717) is 0 Å². The van der Waals surface area contributed by atoms with Crippen LogP contribution in [0.3, 0.4) is 0 Å². The van der Waals surface area contributed by atoms with Crippen LogP contribution in [0.5, 0.6) is 0 Å². The average molecular weight is 260 g/mol. The first kappa shape index (κ1) is 14.1. The third-order valence-electron chi connectivity index (χ3n) is 3.43. The molecule has 1 aromatic heterocycles. The SMILES string of the molecule is CCCNCc1cccc2ccn(CC(C)CO)c12. The van der Waals surface area contributed by atoms with E-state index in [1.807, 2.05) is 0 Å². The predicted octanol–water partition coefficient (Wildman–Crippen LogP) is 2.77. The smallest absolute Gasteiger partial charge is 0.0525 e. The van der Waals surface area contributed by atoms with Crippen molar-refractivity contribution in [1.82, 2.24) is 9.88 Å². The zero-order chi connectivity index (χ0) is 13.7. The maximum atomic E-state index is 9.22. The van der Waals surface area contributed by atoms with Gasteiger partial charge in [-0.15, -0.1) is 0 Å². The molecule has 0 spiro atoms. The van der Waals surface area contributed by atoms with Crippen molar-refractivity contribution in [1.29, 1.82) is 0 Å². The molecule has 0 aliphatic rings. The molecule has 0 amide bonds. The molecule has 2 rings (SSSR count). The van der Waals surface area contributed by atoms with Crippen molar-refractivity contribution in [2.75, 3.05) is 13.2 Å². The van der Waals surface area contributed by atoms with Crippen molar-refractivity contribution in [3.8, 4) is 0 Å². The highest BCUT2D eigenvalue weighted by molar-refractivity contribution is 5.83. The first-order valence-corrected chi connectivity index (χ1v) is 7.14. The van der Waals surface area contributed by atoms with Crippen molar-refractivity contribution < 1.29 is 5.11 Å². The van der Waals surface area contributed by atoms with Gasteiger partial charge in [0.25, 0.3) is 0 Å². The van der Waals surface area contributed by atoms with Gasteiger partial charge in [-0.25, -0.2) is 0 Å². The molecule has 0 aliphatic carbocycles. The molecule has 19 heavy (non-hydrogen) atoms. The van der Waals surface area contributed by atoms with Crippen molar-refractivity contribution in [2.45, 2.75) is 33.4 Å². The van der Waals surface area contributed by atoms with E-state index < -0.39 is 0 Å². The van der Waals surface area contributed by atoms with E-state index >= 15 is 0 Å². The molecule has 1 heterocycles. The number of nitrogens with zero attached hydrogens (tertiary/aromatic N) is 1. The number of fused-ring (bicyclic) bond motifs is 1.